The number of halogens is 1. The number of amides is 2. The van der Waals surface area contributed by atoms with E-state index in [0.717, 1.165) is 5.56 Å². The quantitative estimate of drug-likeness (QED) is 0.842. The number of anilines is 1. The number of hydrogen-bond acceptors (Lipinski definition) is 5. The molecule has 8 nitrogen and oxygen atoms in total. The smallest absolute Gasteiger partial charge is 0.259 e. The Hall–Kier alpha value is -3.36. The van der Waals surface area contributed by atoms with Crippen molar-refractivity contribution in [3.05, 3.63) is 47.3 Å². The summed E-state index contributed by atoms with van der Waals surface area (Å²) in [6, 6.07) is 2.94. The average Bonchev–Trinajstić information content (AvgIpc) is 3.21. The molecule has 0 unspecified atom stereocenters. The standard InChI is InChI=1S/C21H23FN6O2/c1-12(2)28-11-23-26-20(28)16-5-4-6-18(24-16)25-21(30)14-10-17-13(9-15(14)22)7-8-19(29)27(17)3/h5,9-12H,4,6-8H2,1-3H3,(H,24,25,30). The summed E-state index contributed by atoms with van der Waals surface area (Å²) in [5, 5.41) is 10.8. The summed E-state index contributed by atoms with van der Waals surface area (Å²) in [6.45, 7) is 4.03. The molecule has 0 saturated heterocycles. The first kappa shape index (κ1) is 19.9. The first-order valence-corrected chi connectivity index (χ1v) is 9.93. The molecule has 1 aromatic heterocycles. The lowest BCUT2D eigenvalue weighted by Crippen LogP contribution is -2.34. The number of hydrogen-bond donors (Lipinski definition) is 1. The second-order valence-corrected chi connectivity index (χ2v) is 7.71. The Bertz CT molecular complexity index is 1090. The van der Waals surface area contributed by atoms with E-state index in [1.54, 1.807) is 13.4 Å². The molecular weight excluding hydrogens is 387 g/mol. The van der Waals surface area contributed by atoms with Crippen LogP contribution in [-0.4, -0.2) is 39.5 Å². The molecule has 4 rings (SSSR count). The highest BCUT2D eigenvalue weighted by molar-refractivity contribution is 6.09. The molecule has 30 heavy (non-hydrogen) atoms. The molecule has 2 amide bonds. The third-order valence-electron chi connectivity index (χ3n) is 5.35. The predicted molar refractivity (Wildman–Crippen MR) is 111 cm³/mol. The number of nitrogens with one attached hydrogen (secondary N) is 1. The van der Waals surface area contributed by atoms with Crippen LogP contribution < -0.4 is 10.2 Å². The summed E-state index contributed by atoms with van der Waals surface area (Å²) in [4.78, 5) is 30.7. The number of fused-ring (bicyclic) bond motifs is 1. The third kappa shape index (κ3) is 3.62. The lowest BCUT2D eigenvalue weighted by atomic mass is 9.98. The highest BCUT2D eigenvalue weighted by Gasteiger charge is 2.25. The zero-order valence-electron chi connectivity index (χ0n) is 17.1. The maximum atomic E-state index is 14.6. The topological polar surface area (TPSA) is 92.5 Å². The number of allylic oxidation sites excluding steroid dienone is 1. The second-order valence-electron chi connectivity index (χ2n) is 7.71. The van der Waals surface area contributed by atoms with E-state index in [0.29, 0.717) is 48.7 Å². The van der Waals surface area contributed by atoms with Crippen LogP contribution in [0.3, 0.4) is 0 Å². The Balaban J connectivity index is 1.58. The fourth-order valence-corrected chi connectivity index (χ4v) is 3.66. The van der Waals surface area contributed by atoms with Crippen molar-refractivity contribution in [1.82, 2.24) is 20.1 Å². The fraction of sp³-hybridized carbons (Fsp3) is 0.381. The molecule has 2 aromatic rings. The summed E-state index contributed by atoms with van der Waals surface area (Å²) in [5.41, 5.74) is 1.80. The number of aromatic nitrogens is 3. The Kier molecular flexibility index (Phi) is 5.19. The van der Waals surface area contributed by atoms with Gasteiger partial charge in [0.05, 0.1) is 5.56 Å². The minimum absolute atomic E-state index is 0.0545. The molecule has 0 atom stereocenters. The van der Waals surface area contributed by atoms with Crippen LogP contribution in [0.2, 0.25) is 0 Å². The molecule has 0 bridgehead atoms. The number of benzene rings is 1. The van der Waals surface area contributed by atoms with Crippen LogP contribution in [-0.2, 0) is 11.2 Å². The Morgan fingerprint density at radius 2 is 2.03 bits per heavy atom. The number of nitrogens with zero attached hydrogens (tertiary/aromatic N) is 5. The minimum Gasteiger partial charge on any atom is -0.315 e. The summed E-state index contributed by atoms with van der Waals surface area (Å²) in [6.07, 6.45) is 5.58. The van der Waals surface area contributed by atoms with Crippen LogP contribution >= 0.6 is 0 Å². The summed E-state index contributed by atoms with van der Waals surface area (Å²) < 4.78 is 16.5. The average molecular weight is 410 g/mol. The van der Waals surface area contributed by atoms with Gasteiger partial charge in [-0.1, -0.05) is 6.08 Å². The number of amidine groups is 1. The maximum Gasteiger partial charge on any atom is 0.259 e. The molecule has 2 aliphatic heterocycles. The third-order valence-corrected chi connectivity index (χ3v) is 5.35. The predicted octanol–water partition coefficient (Wildman–Crippen LogP) is 2.87. The highest BCUT2D eigenvalue weighted by Crippen LogP contribution is 2.29. The molecule has 2 aliphatic rings. The van der Waals surface area contributed by atoms with Gasteiger partial charge in [-0.05, 0) is 44.4 Å². The number of aryl methyl sites for hydroxylation is 1. The van der Waals surface area contributed by atoms with E-state index in [2.05, 4.69) is 20.5 Å². The number of carbonyl (C=O) groups excluding carboxylic acids is 2. The zero-order valence-corrected chi connectivity index (χ0v) is 17.1. The molecule has 0 saturated carbocycles. The van der Waals surface area contributed by atoms with Gasteiger partial charge in [-0.15, -0.1) is 10.2 Å². The molecular formula is C21H23FN6O2. The van der Waals surface area contributed by atoms with Crippen LogP contribution in [0, 0.1) is 5.82 Å². The van der Waals surface area contributed by atoms with Crippen molar-refractivity contribution in [3.8, 4) is 0 Å². The largest absolute Gasteiger partial charge is 0.315 e. The molecule has 0 spiro atoms. The molecule has 9 heteroatoms. The SMILES string of the molecule is CC(C)n1cnnc1C1=CCCC(NC(=O)c2cc3c(cc2F)CCC(=O)N3C)=N1. The molecule has 0 aliphatic carbocycles. The van der Waals surface area contributed by atoms with Gasteiger partial charge in [-0.3, -0.25) is 9.59 Å². The van der Waals surface area contributed by atoms with Crippen molar-refractivity contribution in [3.63, 3.8) is 0 Å². The zero-order chi connectivity index (χ0) is 21.4. The van der Waals surface area contributed by atoms with Crippen molar-refractivity contribution in [2.75, 3.05) is 11.9 Å². The minimum atomic E-state index is -0.610. The first-order valence-electron chi connectivity index (χ1n) is 9.93. The van der Waals surface area contributed by atoms with Gasteiger partial charge in [0.1, 0.15) is 23.7 Å². The lowest BCUT2D eigenvalue weighted by Gasteiger charge is -2.26. The Morgan fingerprint density at radius 3 is 2.80 bits per heavy atom. The number of carbonyl (C=O) groups is 2. The maximum absolute atomic E-state index is 14.6. The van der Waals surface area contributed by atoms with Gasteiger partial charge in [0.25, 0.3) is 5.91 Å². The van der Waals surface area contributed by atoms with E-state index in [9.17, 15) is 14.0 Å². The second kappa shape index (κ2) is 7.81. The monoisotopic (exact) mass is 410 g/mol. The summed E-state index contributed by atoms with van der Waals surface area (Å²) in [7, 11) is 1.63. The van der Waals surface area contributed by atoms with E-state index in [4.69, 9.17) is 0 Å². The van der Waals surface area contributed by atoms with E-state index in [1.807, 2.05) is 24.5 Å². The summed E-state index contributed by atoms with van der Waals surface area (Å²) >= 11 is 0. The van der Waals surface area contributed by atoms with Crippen molar-refractivity contribution in [1.29, 1.82) is 0 Å². The normalized spacial score (nSPS) is 16.3. The molecule has 3 heterocycles. The molecule has 156 valence electrons. The van der Waals surface area contributed by atoms with Gasteiger partial charge in [0, 0.05) is 31.6 Å². The van der Waals surface area contributed by atoms with Crippen molar-refractivity contribution >= 4 is 29.0 Å². The van der Waals surface area contributed by atoms with Gasteiger partial charge in [0.15, 0.2) is 5.82 Å². The van der Waals surface area contributed by atoms with Gasteiger partial charge in [0.2, 0.25) is 5.91 Å². The van der Waals surface area contributed by atoms with Crippen LogP contribution in [0.1, 0.15) is 60.9 Å². The Morgan fingerprint density at radius 1 is 1.23 bits per heavy atom. The van der Waals surface area contributed by atoms with E-state index in [1.165, 1.54) is 17.0 Å². The Labute approximate surface area is 173 Å². The van der Waals surface area contributed by atoms with Crippen LogP contribution in [0.25, 0.3) is 5.70 Å². The fourth-order valence-electron chi connectivity index (χ4n) is 3.66. The molecule has 1 aromatic carbocycles. The van der Waals surface area contributed by atoms with Crippen LogP contribution in [0.5, 0.6) is 0 Å². The van der Waals surface area contributed by atoms with E-state index < -0.39 is 11.7 Å². The highest BCUT2D eigenvalue weighted by atomic mass is 19.1. The van der Waals surface area contributed by atoms with E-state index in [-0.39, 0.29) is 17.5 Å². The van der Waals surface area contributed by atoms with Crippen molar-refractivity contribution in [2.24, 2.45) is 4.99 Å². The van der Waals surface area contributed by atoms with Crippen molar-refractivity contribution in [2.45, 2.75) is 45.6 Å². The van der Waals surface area contributed by atoms with Gasteiger partial charge in [-0.2, -0.15) is 0 Å². The summed E-state index contributed by atoms with van der Waals surface area (Å²) in [5.74, 6) is -0.192. The molecule has 0 radical (unpaired) electrons. The van der Waals surface area contributed by atoms with Crippen molar-refractivity contribution < 1.29 is 14.0 Å². The van der Waals surface area contributed by atoms with Gasteiger partial charge < -0.3 is 14.8 Å². The number of rotatable bonds is 3. The van der Waals surface area contributed by atoms with Gasteiger partial charge in [-0.25, -0.2) is 9.38 Å². The molecule has 1 N–H and O–H groups in total. The van der Waals surface area contributed by atoms with Crippen LogP contribution in [0.15, 0.2) is 29.5 Å². The lowest BCUT2D eigenvalue weighted by molar-refractivity contribution is -0.118. The molecule has 0 fully saturated rings. The first-order chi connectivity index (χ1) is 14.3. The van der Waals surface area contributed by atoms with Crippen LogP contribution in [0.4, 0.5) is 10.1 Å². The number of aliphatic imine (C=N–C) groups is 1. The van der Waals surface area contributed by atoms with E-state index >= 15 is 0 Å². The van der Waals surface area contributed by atoms with Gasteiger partial charge >= 0.3 is 0 Å².